The third-order valence-corrected chi connectivity index (χ3v) is 6.98. The van der Waals surface area contributed by atoms with E-state index in [1.807, 2.05) is 19.9 Å². The smallest absolute Gasteiger partial charge is 0.261 e. The molecule has 0 saturated heterocycles. The van der Waals surface area contributed by atoms with E-state index in [2.05, 4.69) is 9.44 Å². The lowest BCUT2D eigenvalue weighted by atomic mass is 10.1. The highest BCUT2D eigenvalue weighted by Crippen LogP contribution is 2.24. The summed E-state index contributed by atoms with van der Waals surface area (Å²) in [5.74, 6) is 0. The lowest BCUT2D eigenvalue weighted by molar-refractivity contribution is 0.580. The molecule has 0 amide bonds. The van der Waals surface area contributed by atoms with Crippen LogP contribution in [0, 0.1) is 13.8 Å². The Balaban J connectivity index is 1.89. The van der Waals surface area contributed by atoms with E-state index in [9.17, 15) is 16.8 Å². The molecule has 0 aliphatic heterocycles. The molecule has 2 aromatic carbocycles. The number of rotatable bonds is 6. The number of hydrogen-bond acceptors (Lipinski definition) is 4. The van der Waals surface area contributed by atoms with Crippen molar-refractivity contribution in [1.82, 2.24) is 4.72 Å². The van der Waals surface area contributed by atoms with Crippen LogP contribution in [0.1, 0.15) is 24.0 Å². The number of anilines is 1. The van der Waals surface area contributed by atoms with E-state index < -0.39 is 20.0 Å². The van der Waals surface area contributed by atoms with Gasteiger partial charge in [-0.2, -0.15) is 0 Å². The van der Waals surface area contributed by atoms with Crippen LogP contribution < -0.4 is 9.44 Å². The van der Waals surface area contributed by atoms with Crippen LogP contribution in [0.25, 0.3) is 0 Å². The molecule has 25 heavy (non-hydrogen) atoms. The predicted octanol–water partition coefficient (Wildman–Crippen LogP) is 2.54. The maximum Gasteiger partial charge on any atom is 0.261 e. The number of hydrogen-bond donors (Lipinski definition) is 2. The second-order valence-electron chi connectivity index (χ2n) is 6.27. The van der Waals surface area contributed by atoms with Crippen molar-refractivity contribution in [1.29, 1.82) is 0 Å². The first-order valence-electron chi connectivity index (χ1n) is 7.90. The largest absolute Gasteiger partial charge is 0.280 e. The predicted molar refractivity (Wildman–Crippen MR) is 96.5 cm³/mol. The maximum atomic E-state index is 12.6. The number of sulfonamides is 2. The van der Waals surface area contributed by atoms with Gasteiger partial charge in [0, 0.05) is 11.7 Å². The van der Waals surface area contributed by atoms with Gasteiger partial charge < -0.3 is 0 Å². The molecule has 0 spiro atoms. The first-order valence-corrected chi connectivity index (χ1v) is 10.9. The third-order valence-electron chi connectivity index (χ3n) is 4.08. The number of nitrogens with one attached hydrogen (secondary N) is 2. The molecule has 1 saturated carbocycles. The minimum atomic E-state index is -3.88. The van der Waals surface area contributed by atoms with Crippen molar-refractivity contribution in [2.75, 3.05) is 4.72 Å². The van der Waals surface area contributed by atoms with Crippen LogP contribution in [0.4, 0.5) is 5.69 Å². The van der Waals surface area contributed by atoms with E-state index in [-0.39, 0.29) is 15.8 Å². The summed E-state index contributed by atoms with van der Waals surface area (Å²) in [5.41, 5.74) is 2.46. The van der Waals surface area contributed by atoms with Gasteiger partial charge in [0.25, 0.3) is 10.0 Å². The minimum Gasteiger partial charge on any atom is -0.280 e. The Morgan fingerprint density at radius 1 is 0.840 bits per heavy atom. The van der Waals surface area contributed by atoms with Crippen LogP contribution in [0.3, 0.4) is 0 Å². The van der Waals surface area contributed by atoms with Gasteiger partial charge >= 0.3 is 0 Å². The van der Waals surface area contributed by atoms with Crippen LogP contribution in [0.2, 0.25) is 0 Å². The summed E-state index contributed by atoms with van der Waals surface area (Å²) in [6.07, 6.45) is 1.62. The van der Waals surface area contributed by atoms with E-state index in [4.69, 9.17) is 0 Å². The molecule has 0 bridgehead atoms. The summed E-state index contributed by atoms with van der Waals surface area (Å²) < 4.78 is 54.8. The van der Waals surface area contributed by atoms with Crippen LogP contribution in [0.15, 0.2) is 52.3 Å². The molecule has 0 atom stereocenters. The molecule has 1 aliphatic carbocycles. The molecule has 6 nitrogen and oxygen atoms in total. The van der Waals surface area contributed by atoms with Crippen molar-refractivity contribution in [2.45, 2.75) is 42.5 Å². The van der Waals surface area contributed by atoms with Gasteiger partial charge in [-0.3, -0.25) is 4.72 Å². The third kappa shape index (κ3) is 4.20. The molecule has 3 rings (SSSR count). The van der Waals surface area contributed by atoms with Crippen molar-refractivity contribution < 1.29 is 16.8 Å². The van der Waals surface area contributed by atoms with Gasteiger partial charge in [-0.1, -0.05) is 12.1 Å². The average molecular weight is 380 g/mol. The summed E-state index contributed by atoms with van der Waals surface area (Å²) in [4.78, 5) is -0.147. The Hall–Kier alpha value is -1.90. The summed E-state index contributed by atoms with van der Waals surface area (Å²) >= 11 is 0. The van der Waals surface area contributed by atoms with Gasteiger partial charge in [-0.25, -0.2) is 21.6 Å². The van der Waals surface area contributed by atoms with Crippen LogP contribution >= 0.6 is 0 Å². The summed E-state index contributed by atoms with van der Waals surface area (Å²) in [6, 6.07) is 10.6. The molecular formula is C17H20N2O4S2. The van der Waals surface area contributed by atoms with Crippen LogP contribution in [0.5, 0.6) is 0 Å². The molecular weight excluding hydrogens is 360 g/mol. The lowest BCUT2D eigenvalue weighted by Gasteiger charge is -2.11. The number of aryl methyl sites for hydroxylation is 2. The fourth-order valence-electron chi connectivity index (χ4n) is 2.32. The highest BCUT2D eigenvalue weighted by atomic mass is 32.2. The van der Waals surface area contributed by atoms with Gasteiger partial charge in [-0.05, 0) is 68.1 Å². The Labute approximate surface area is 148 Å². The van der Waals surface area contributed by atoms with Gasteiger partial charge in [0.1, 0.15) is 0 Å². The monoisotopic (exact) mass is 380 g/mol. The first kappa shape index (κ1) is 17.9. The van der Waals surface area contributed by atoms with Crippen molar-refractivity contribution in [2.24, 2.45) is 0 Å². The average Bonchev–Trinajstić information content (AvgIpc) is 3.34. The van der Waals surface area contributed by atoms with Crippen LogP contribution in [-0.4, -0.2) is 22.9 Å². The number of benzene rings is 2. The standard InChI is InChI=1S/C17H20N2O4S2/c1-12-6-7-15(10-13(12)2)19-25(22,23)17-5-3-4-16(11-17)24(20,21)18-14-8-9-14/h3-7,10-11,14,18-19H,8-9H2,1-2H3. The van der Waals surface area contributed by atoms with Crippen molar-refractivity contribution >= 4 is 25.7 Å². The highest BCUT2D eigenvalue weighted by molar-refractivity contribution is 7.93. The molecule has 2 aromatic rings. The van der Waals surface area contributed by atoms with E-state index in [0.29, 0.717) is 5.69 Å². The zero-order valence-corrected chi connectivity index (χ0v) is 15.6. The summed E-state index contributed by atoms with van der Waals surface area (Å²) in [5, 5.41) is 0. The summed E-state index contributed by atoms with van der Waals surface area (Å²) in [6.45, 7) is 3.83. The normalized spacial score (nSPS) is 15.1. The van der Waals surface area contributed by atoms with Crippen molar-refractivity contribution in [3.8, 4) is 0 Å². The second-order valence-corrected chi connectivity index (χ2v) is 9.67. The first-order chi connectivity index (χ1) is 11.7. The SMILES string of the molecule is Cc1ccc(NS(=O)(=O)c2cccc(S(=O)(=O)NC3CC3)c2)cc1C. The van der Waals surface area contributed by atoms with Gasteiger partial charge in [0.05, 0.1) is 9.79 Å². The Morgan fingerprint density at radius 3 is 2.08 bits per heavy atom. The van der Waals surface area contributed by atoms with E-state index in [0.717, 1.165) is 24.0 Å². The zero-order valence-electron chi connectivity index (χ0n) is 14.0. The molecule has 0 heterocycles. The maximum absolute atomic E-state index is 12.6. The summed E-state index contributed by atoms with van der Waals surface area (Å²) in [7, 11) is -7.59. The topological polar surface area (TPSA) is 92.3 Å². The van der Waals surface area contributed by atoms with Gasteiger partial charge in [0.2, 0.25) is 10.0 Å². The molecule has 1 aliphatic rings. The fraction of sp³-hybridized carbons (Fsp3) is 0.294. The molecule has 134 valence electrons. The highest BCUT2D eigenvalue weighted by Gasteiger charge is 2.28. The van der Waals surface area contributed by atoms with Crippen LogP contribution in [-0.2, 0) is 20.0 Å². The van der Waals surface area contributed by atoms with Crippen molar-refractivity contribution in [3.05, 3.63) is 53.6 Å². The Morgan fingerprint density at radius 2 is 1.48 bits per heavy atom. The molecule has 0 unspecified atom stereocenters. The fourth-order valence-corrected chi connectivity index (χ4v) is 4.84. The van der Waals surface area contributed by atoms with Crippen molar-refractivity contribution in [3.63, 3.8) is 0 Å². The van der Waals surface area contributed by atoms with E-state index in [1.54, 1.807) is 12.1 Å². The van der Waals surface area contributed by atoms with E-state index >= 15 is 0 Å². The Bertz CT molecular complexity index is 1010. The van der Waals surface area contributed by atoms with Gasteiger partial charge in [-0.15, -0.1) is 0 Å². The van der Waals surface area contributed by atoms with Gasteiger partial charge in [0.15, 0.2) is 0 Å². The minimum absolute atomic E-state index is 0.0427. The molecule has 2 N–H and O–H groups in total. The molecule has 1 fully saturated rings. The van der Waals surface area contributed by atoms with E-state index in [1.165, 1.54) is 24.3 Å². The molecule has 8 heteroatoms. The zero-order chi connectivity index (χ0) is 18.2. The second kappa shape index (κ2) is 6.44. The molecule has 0 radical (unpaired) electrons. The molecule has 0 aromatic heterocycles. The quantitative estimate of drug-likeness (QED) is 0.805. The lowest BCUT2D eigenvalue weighted by Crippen LogP contribution is -2.26. The Kier molecular flexibility index (Phi) is 4.61.